The Balaban J connectivity index is 0.00000294. The maximum atomic E-state index is 4.77. The number of imidazole rings is 1. The summed E-state index contributed by atoms with van der Waals surface area (Å²) in [6.07, 6.45) is 3.93. The monoisotopic (exact) mass is 668 g/mol. The molecule has 5 aromatic carbocycles. The molecule has 0 bridgehead atoms. The Kier molecular flexibility index (Phi) is 7.51. The van der Waals surface area contributed by atoms with E-state index in [1.54, 1.807) is 0 Å². The van der Waals surface area contributed by atoms with E-state index in [0.29, 0.717) is 0 Å². The molecule has 1 aromatic heterocycles. The van der Waals surface area contributed by atoms with Crippen LogP contribution in [0.15, 0.2) is 128 Å². The molecule has 6 aromatic rings. The van der Waals surface area contributed by atoms with Crippen LogP contribution in [0.2, 0.25) is 0 Å². The van der Waals surface area contributed by atoms with Crippen molar-refractivity contribution in [2.45, 2.75) is 13.8 Å². The van der Waals surface area contributed by atoms with E-state index in [4.69, 9.17) is 4.98 Å². The Morgan fingerprint density at radius 2 is 1.16 bits per heavy atom. The molecule has 1 heterocycles. The van der Waals surface area contributed by atoms with Gasteiger partial charge >= 0.3 is 0 Å². The molecule has 0 aliphatic heterocycles. The number of nitrogens with zero attached hydrogens (tertiary/aromatic N) is 2. The molecule has 2 nitrogen and oxygen atoms in total. The van der Waals surface area contributed by atoms with Crippen LogP contribution in [0.4, 0.5) is 0 Å². The first-order chi connectivity index (χ1) is 18.2. The number of rotatable bonds is 5. The third-order valence-electron chi connectivity index (χ3n) is 6.67. The van der Waals surface area contributed by atoms with Crippen molar-refractivity contribution < 1.29 is 20.1 Å². The van der Waals surface area contributed by atoms with E-state index in [9.17, 15) is 0 Å². The van der Waals surface area contributed by atoms with Crippen LogP contribution in [0.3, 0.4) is 0 Å². The van der Waals surface area contributed by atoms with Gasteiger partial charge in [0.25, 0.3) is 0 Å². The summed E-state index contributed by atoms with van der Waals surface area (Å²) in [5.41, 5.74) is 11.7. The zero-order valence-electron chi connectivity index (χ0n) is 21.4. The van der Waals surface area contributed by atoms with Gasteiger partial charge in [0.05, 0.1) is 11.5 Å². The molecule has 1 radical (unpaired) electrons. The Morgan fingerprint density at radius 1 is 0.605 bits per heavy atom. The fraction of sp³-hybridized carbons (Fsp3) is 0.0571. The van der Waals surface area contributed by atoms with Gasteiger partial charge in [0.15, 0.2) is 0 Å². The molecule has 0 aliphatic rings. The van der Waals surface area contributed by atoms with Crippen molar-refractivity contribution in [2.24, 2.45) is 0 Å². The summed E-state index contributed by atoms with van der Waals surface area (Å²) in [5, 5.41) is 0. The second-order valence-electron chi connectivity index (χ2n) is 9.43. The van der Waals surface area contributed by atoms with E-state index in [1.807, 2.05) is 24.4 Å². The van der Waals surface area contributed by atoms with E-state index in [1.165, 1.54) is 22.3 Å². The average molecular weight is 668 g/mol. The van der Waals surface area contributed by atoms with Crippen molar-refractivity contribution >= 4 is 0 Å². The molecule has 0 fully saturated rings. The van der Waals surface area contributed by atoms with Gasteiger partial charge < -0.3 is 4.57 Å². The quantitative estimate of drug-likeness (QED) is 0.168. The first-order valence-corrected chi connectivity index (χ1v) is 12.6. The Bertz CT molecular complexity index is 1590. The van der Waals surface area contributed by atoms with Gasteiger partial charge in [0.1, 0.15) is 0 Å². The molecule has 0 saturated carbocycles. The zero-order chi connectivity index (χ0) is 25.2. The fourth-order valence-electron chi connectivity index (χ4n) is 5.09. The average Bonchev–Trinajstić information content (AvgIpc) is 3.43. The molecule has 0 unspecified atom stereocenters. The van der Waals surface area contributed by atoms with Gasteiger partial charge in [-0.15, -0.1) is 35.9 Å². The van der Waals surface area contributed by atoms with Gasteiger partial charge in [-0.25, -0.2) is 0 Å². The summed E-state index contributed by atoms with van der Waals surface area (Å²) in [5.74, 6) is 0.870. The predicted molar refractivity (Wildman–Crippen MR) is 154 cm³/mol. The van der Waals surface area contributed by atoms with Crippen LogP contribution in [0.1, 0.15) is 11.1 Å². The molecular weight excluding hydrogens is 641 g/mol. The predicted octanol–water partition coefficient (Wildman–Crippen LogP) is 8.95. The minimum absolute atomic E-state index is 0. The van der Waals surface area contributed by atoms with Crippen molar-refractivity contribution in [3.05, 3.63) is 145 Å². The van der Waals surface area contributed by atoms with Gasteiger partial charge in [-0.3, -0.25) is 4.98 Å². The van der Waals surface area contributed by atoms with Gasteiger partial charge in [0, 0.05) is 43.6 Å². The first kappa shape index (κ1) is 25.6. The Morgan fingerprint density at radius 3 is 1.71 bits per heavy atom. The second-order valence-corrected chi connectivity index (χ2v) is 9.43. The van der Waals surface area contributed by atoms with Gasteiger partial charge in [-0.05, 0) is 48.2 Å². The summed E-state index contributed by atoms with van der Waals surface area (Å²) in [4.78, 5) is 4.77. The number of hydrogen-bond acceptors (Lipinski definition) is 1. The van der Waals surface area contributed by atoms with Crippen LogP contribution in [0, 0.1) is 19.9 Å². The van der Waals surface area contributed by atoms with Crippen molar-refractivity contribution in [1.29, 1.82) is 0 Å². The van der Waals surface area contributed by atoms with E-state index in [-0.39, 0.29) is 20.1 Å². The maximum absolute atomic E-state index is 4.77. The Hall–Kier alpha value is -4.04. The molecule has 6 rings (SSSR count). The minimum atomic E-state index is 0. The van der Waals surface area contributed by atoms with E-state index in [2.05, 4.69) is 128 Å². The molecule has 187 valence electrons. The number of aromatic nitrogens is 2. The van der Waals surface area contributed by atoms with Crippen LogP contribution >= 0.6 is 0 Å². The summed E-state index contributed by atoms with van der Waals surface area (Å²) >= 11 is 0. The summed E-state index contributed by atoms with van der Waals surface area (Å²) in [6, 6.07) is 44.1. The molecule has 0 aliphatic carbocycles. The van der Waals surface area contributed by atoms with Crippen molar-refractivity contribution in [3.8, 4) is 50.5 Å². The topological polar surface area (TPSA) is 17.8 Å². The molecule has 0 atom stereocenters. The van der Waals surface area contributed by atoms with Gasteiger partial charge in [-0.2, -0.15) is 0 Å². The molecule has 0 spiro atoms. The summed E-state index contributed by atoms with van der Waals surface area (Å²) in [6.45, 7) is 4.32. The molecule has 0 amide bonds. The fourth-order valence-corrected chi connectivity index (χ4v) is 5.09. The molecule has 38 heavy (non-hydrogen) atoms. The van der Waals surface area contributed by atoms with Gasteiger partial charge in [0.2, 0.25) is 0 Å². The third-order valence-corrected chi connectivity index (χ3v) is 6.67. The van der Waals surface area contributed by atoms with E-state index in [0.717, 1.165) is 39.3 Å². The van der Waals surface area contributed by atoms with Crippen LogP contribution in [-0.4, -0.2) is 9.55 Å². The third kappa shape index (κ3) is 5.04. The zero-order valence-corrected chi connectivity index (χ0v) is 23.7. The standard InChI is InChI=1S/C35H27N2.Ir/c1-25-20-26(2)22-30(21-25)31-23-32(27-12-6-3-7-13-27)34(33(24-31)28-14-8-4-9-15-28)37-19-18-36-35(37)29-16-10-5-11-17-29;/h3-16,18-24H,1-2H3;/q-1;. The maximum Gasteiger partial charge on any atom is 0.0603 e. The smallest absolute Gasteiger partial charge is 0.0603 e. The van der Waals surface area contributed by atoms with Crippen LogP contribution in [0.25, 0.3) is 50.5 Å². The summed E-state index contributed by atoms with van der Waals surface area (Å²) in [7, 11) is 0. The molecule has 0 N–H and O–H groups in total. The molecular formula is C35H27IrN2-. The normalized spacial score (nSPS) is 10.7. The SMILES string of the molecule is Cc1cc(C)cc(-c2cc(-c3ccccc3)c(-n3ccnc3-c3[c-]cccc3)c(-c3ccccc3)c2)c1.[Ir]. The molecule has 3 heteroatoms. The van der Waals surface area contributed by atoms with Crippen LogP contribution in [0.5, 0.6) is 0 Å². The number of benzene rings is 5. The van der Waals surface area contributed by atoms with Crippen LogP contribution in [-0.2, 0) is 20.1 Å². The van der Waals surface area contributed by atoms with Crippen molar-refractivity contribution in [3.63, 3.8) is 0 Å². The summed E-state index contributed by atoms with van der Waals surface area (Å²) < 4.78 is 2.21. The van der Waals surface area contributed by atoms with Gasteiger partial charge in [-0.1, -0.05) is 90.0 Å². The largest absolute Gasteiger partial charge is 0.339 e. The van der Waals surface area contributed by atoms with E-state index < -0.39 is 0 Å². The Labute approximate surface area is 238 Å². The van der Waals surface area contributed by atoms with Crippen molar-refractivity contribution in [2.75, 3.05) is 0 Å². The minimum Gasteiger partial charge on any atom is -0.339 e. The van der Waals surface area contributed by atoms with Crippen LogP contribution < -0.4 is 0 Å². The first-order valence-electron chi connectivity index (χ1n) is 12.6. The van der Waals surface area contributed by atoms with Crippen molar-refractivity contribution in [1.82, 2.24) is 9.55 Å². The van der Waals surface area contributed by atoms with E-state index >= 15 is 0 Å². The molecule has 0 saturated heterocycles. The number of hydrogen-bond donors (Lipinski definition) is 0. The number of aryl methyl sites for hydroxylation is 2. The second kappa shape index (κ2) is 11.1.